The van der Waals surface area contributed by atoms with Crippen LogP contribution in [0.5, 0.6) is 0 Å². The zero-order valence-electron chi connectivity index (χ0n) is 9.62. The summed E-state index contributed by atoms with van der Waals surface area (Å²) in [5.41, 5.74) is 5.58. The Morgan fingerprint density at radius 2 is 1.67 bits per heavy atom. The average molecular weight is 226 g/mol. The fourth-order valence-electron chi connectivity index (χ4n) is 1.30. The van der Waals surface area contributed by atoms with Crippen LogP contribution in [0.1, 0.15) is 40.0 Å². The van der Waals surface area contributed by atoms with E-state index < -0.39 is 18.6 Å². The van der Waals surface area contributed by atoms with Crippen LogP contribution in [0.4, 0.5) is 13.2 Å². The minimum atomic E-state index is -4.11. The summed E-state index contributed by atoms with van der Waals surface area (Å²) < 4.78 is 36.1. The van der Waals surface area contributed by atoms with Crippen LogP contribution in [0.3, 0.4) is 0 Å². The summed E-state index contributed by atoms with van der Waals surface area (Å²) in [6, 6.07) is -0.578. The normalized spacial score (nSPS) is 15.4. The molecule has 0 radical (unpaired) electrons. The highest BCUT2D eigenvalue weighted by atomic mass is 19.4. The first-order chi connectivity index (χ1) is 6.72. The van der Waals surface area contributed by atoms with Gasteiger partial charge in [-0.1, -0.05) is 13.8 Å². The van der Waals surface area contributed by atoms with Gasteiger partial charge in [0, 0.05) is 18.1 Å². The molecule has 0 saturated carbocycles. The Morgan fingerprint density at radius 3 is 2.00 bits per heavy atom. The summed E-state index contributed by atoms with van der Waals surface area (Å²) in [5.74, 6) is 0. The lowest BCUT2D eigenvalue weighted by molar-refractivity contribution is -0.139. The third-order valence-electron chi connectivity index (χ3n) is 2.75. The van der Waals surface area contributed by atoms with Crippen molar-refractivity contribution in [3.8, 4) is 0 Å². The Hall–Kier alpha value is -0.290. The molecule has 92 valence electrons. The van der Waals surface area contributed by atoms with Gasteiger partial charge in [0.2, 0.25) is 0 Å². The summed E-state index contributed by atoms with van der Waals surface area (Å²) in [6.07, 6.45) is -3.40. The molecule has 0 bridgehead atoms. The Kier molecular flexibility index (Phi) is 5.59. The number of rotatable bonds is 6. The van der Waals surface area contributed by atoms with Gasteiger partial charge in [0.1, 0.15) is 0 Å². The molecule has 0 aliphatic heterocycles. The molecule has 0 spiro atoms. The molecule has 0 saturated heterocycles. The van der Waals surface area contributed by atoms with Gasteiger partial charge in [-0.05, 0) is 19.8 Å². The van der Waals surface area contributed by atoms with Crippen LogP contribution in [0.15, 0.2) is 0 Å². The minimum Gasteiger partial charge on any atom is -0.324 e. The largest absolute Gasteiger partial charge is 0.390 e. The van der Waals surface area contributed by atoms with E-state index in [1.807, 2.05) is 13.8 Å². The maximum atomic E-state index is 12.0. The van der Waals surface area contributed by atoms with Crippen molar-refractivity contribution in [2.75, 3.05) is 6.54 Å². The van der Waals surface area contributed by atoms with Crippen LogP contribution < -0.4 is 11.1 Å². The lowest BCUT2D eigenvalue weighted by Crippen LogP contribution is -2.50. The molecule has 0 amide bonds. The molecule has 0 fully saturated rings. The molecule has 5 heteroatoms. The highest BCUT2D eigenvalue weighted by Gasteiger charge is 2.30. The van der Waals surface area contributed by atoms with Crippen LogP contribution in [0, 0.1) is 0 Å². The second-order valence-corrected chi connectivity index (χ2v) is 4.17. The van der Waals surface area contributed by atoms with E-state index in [9.17, 15) is 13.2 Å². The smallest absolute Gasteiger partial charge is 0.324 e. The van der Waals surface area contributed by atoms with Crippen molar-refractivity contribution >= 4 is 0 Å². The Bertz CT molecular complexity index is 176. The third-order valence-corrected chi connectivity index (χ3v) is 2.75. The van der Waals surface area contributed by atoms with Gasteiger partial charge in [-0.3, -0.25) is 0 Å². The second-order valence-electron chi connectivity index (χ2n) is 4.17. The molecule has 2 nitrogen and oxygen atoms in total. The third kappa shape index (κ3) is 6.73. The SMILES string of the molecule is CCC(N)(CC)CNC(C)CC(F)(F)F. The molecular formula is C10H21F3N2. The van der Waals surface area contributed by atoms with E-state index in [4.69, 9.17) is 5.73 Å². The molecule has 15 heavy (non-hydrogen) atoms. The monoisotopic (exact) mass is 226 g/mol. The maximum absolute atomic E-state index is 12.0. The van der Waals surface area contributed by atoms with Gasteiger partial charge in [0.05, 0.1) is 6.42 Å². The topological polar surface area (TPSA) is 38.0 Å². The van der Waals surface area contributed by atoms with Gasteiger partial charge >= 0.3 is 6.18 Å². The lowest BCUT2D eigenvalue weighted by Gasteiger charge is -2.29. The number of hydrogen-bond acceptors (Lipinski definition) is 2. The quantitative estimate of drug-likeness (QED) is 0.730. The van der Waals surface area contributed by atoms with Gasteiger partial charge in [0.15, 0.2) is 0 Å². The minimum absolute atomic E-state index is 0.389. The predicted octanol–water partition coefficient (Wildman–Crippen LogP) is 2.43. The van der Waals surface area contributed by atoms with Gasteiger partial charge < -0.3 is 11.1 Å². The molecule has 1 atom stereocenters. The molecule has 0 aromatic rings. The van der Waals surface area contributed by atoms with Crippen LogP contribution in [-0.2, 0) is 0 Å². The zero-order valence-corrected chi connectivity index (χ0v) is 9.62. The van der Waals surface area contributed by atoms with E-state index in [1.165, 1.54) is 6.92 Å². The Morgan fingerprint density at radius 1 is 1.20 bits per heavy atom. The molecular weight excluding hydrogens is 205 g/mol. The number of nitrogens with two attached hydrogens (primary N) is 1. The van der Waals surface area contributed by atoms with Crippen molar-refractivity contribution in [1.29, 1.82) is 0 Å². The number of alkyl halides is 3. The molecule has 0 rings (SSSR count). The highest BCUT2D eigenvalue weighted by Crippen LogP contribution is 2.21. The van der Waals surface area contributed by atoms with E-state index in [1.54, 1.807) is 0 Å². The van der Waals surface area contributed by atoms with Crippen LogP contribution in [0.25, 0.3) is 0 Å². The van der Waals surface area contributed by atoms with Crippen molar-refractivity contribution in [3.63, 3.8) is 0 Å². The highest BCUT2D eigenvalue weighted by molar-refractivity contribution is 4.84. The number of hydrogen-bond donors (Lipinski definition) is 2. The van der Waals surface area contributed by atoms with Crippen molar-refractivity contribution < 1.29 is 13.2 Å². The Labute approximate surface area is 89.4 Å². The zero-order chi connectivity index (χ0) is 12.1. The first kappa shape index (κ1) is 14.7. The maximum Gasteiger partial charge on any atom is 0.390 e. The van der Waals surface area contributed by atoms with Crippen molar-refractivity contribution in [3.05, 3.63) is 0 Å². The van der Waals surface area contributed by atoms with Crippen LogP contribution >= 0.6 is 0 Å². The van der Waals surface area contributed by atoms with Crippen LogP contribution in [-0.4, -0.2) is 24.3 Å². The van der Waals surface area contributed by atoms with E-state index >= 15 is 0 Å². The van der Waals surface area contributed by atoms with E-state index in [-0.39, 0.29) is 5.54 Å². The van der Waals surface area contributed by atoms with Gasteiger partial charge in [-0.2, -0.15) is 13.2 Å². The number of nitrogens with one attached hydrogen (secondary N) is 1. The lowest BCUT2D eigenvalue weighted by atomic mass is 9.94. The first-order valence-corrected chi connectivity index (χ1v) is 5.31. The molecule has 0 aromatic carbocycles. The fourth-order valence-corrected chi connectivity index (χ4v) is 1.30. The van der Waals surface area contributed by atoms with Crippen molar-refractivity contribution in [2.24, 2.45) is 5.73 Å². The van der Waals surface area contributed by atoms with Crippen LogP contribution in [0.2, 0.25) is 0 Å². The van der Waals surface area contributed by atoms with E-state index in [0.29, 0.717) is 6.54 Å². The van der Waals surface area contributed by atoms with Crippen molar-refractivity contribution in [2.45, 2.75) is 57.8 Å². The molecule has 0 heterocycles. The summed E-state index contributed by atoms with van der Waals surface area (Å²) in [5, 5.41) is 2.84. The molecule has 0 aliphatic carbocycles. The van der Waals surface area contributed by atoms with E-state index in [2.05, 4.69) is 5.32 Å². The first-order valence-electron chi connectivity index (χ1n) is 5.31. The van der Waals surface area contributed by atoms with Crippen molar-refractivity contribution in [1.82, 2.24) is 5.32 Å². The molecule has 0 aromatic heterocycles. The molecule has 1 unspecified atom stereocenters. The van der Waals surface area contributed by atoms with Gasteiger partial charge in [0.25, 0.3) is 0 Å². The molecule has 3 N–H and O–H groups in total. The number of halogens is 3. The summed E-state index contributed by atoms with van der Waals surface area (Å²) in [6.45, 7) is 5.84. The standard InChI is InChI=1S/C10H21F3N2/c1-4-9(14,5-2)7-15-8(3)6-10(11,12)13/h8,15H,4-7,14H2,1-3H3. The Balaban J connectivity index is 3.94. The summed E-state index contributed by atoms with van der Waals surface area (Å²) in [7, 11) is 0. The summed E-state index contributed by atoms with van der Waals surface area (Å²) >= 11 is 0. The second kappa shape index (κ2) is 5.70. The average Bonchev–Trinajstić information content (AvgIpc) is 2.12. The predicted molar refractivity (Wildman–Crippen MR) is 55.6 cm³/mol. The van der Waals surface area contributed by atoms with E-state index in [0.717, 1.165) is 12.8 Å². The summed E-state index contributed by atoms with van der Waals surface area (Å²) in [4.78, 5) is 0. The van der Waals surface area contributed by atoms with Gasteiger partial charge in [-0.15, -0.1) is 0 Å². The molecule has 0 aliphatic rings. The fraction of sp³-hybridized carbons (Fsp3) is 1.00. The van der Waals surface area contributed by atoms with Gasteiger partial charge in [-0.25, -0.2) is 0 Å².